The Hall–Kier alpha value is -1.26. The summed E-state index contributed by atoms with van der Waals surface area (Å²) >= 11 is 6.22. The first-order valence-electron chi connectivity index (χ1n) is 7.14. The van der Waals surface area contributed by atoms with Crippen molar-refractivity contribution in [1.82, 2.24) is 4.90 Å². The predicted molar refractivity (Wildman–Crippen MR) is 81.2 cm³/mol. The molecule has 0 spiro atoms. The Balaban J connectivity index is 1.56. The number of guanidine groups is 1. The van der Waals surface area contributed by atoms with E-state index in [-0.39, 0.29) is 0 Å². The molecule has 0 aromatic heterocycles. The van der Waals surface area contributed by atoms with E-state index in [0.29, 0.717) is 17.9 Å². The van der Waals surface area contributed by atoms with E-state index in [0.717, 1.165) is 44.2 Å². The van der Waals surface area contributed by atoms with Crippen LogP contribution in [0.3, 0.4) is 0 Å². The van der Waals surface area contributed by atoms with Gasteiger partial charge in [0.05, 0.1) is 19.3 Å². The highest BCUT2D eigenvalue weighted by molar-refractivity contribution is 6.31. The molecule has 1 aromatic rings. The van der Waals surface area contributed by atoms with Gasteiger partial charge in [-0.1, -0.05) is 29.8 Å². The van der Waals surface area contributed by atoms with Gasteiger partial charge in [0.25, 0.3) is 0 Å². The molecule has 0 unspecified atom stereocenters. The van der Waals surface area contributed by atoms with E-state index in [2.05, 4.69) is 16.0 Å². The van der Waals surface area contributed by atoms with Crippen LogP contribution >= 0.6 is 11.6 Å². The minimum absolute atomic E-state index is 0.333. The Bertz CT molecular complexity index is 494. The van der Waals surface area contributed by atoms with E-state index in [9.17, 15) is 0 Å². The summed E-state index contributed by atoms with van der Waals surface area (Å²) in [5.74, 6) is 1.19. The van der Waals surface area contributed by atoms with Crippen LogP contribution < -0.4 is 5.73 Å². The van der Waals surface area contributed by atoms with Crippen molar-refractivity contribution in [1.29, 1.82) is 0 Å². The molecule has 2 fully saturated rings. The van der Waals surface area contributed by atoms with Gasteiger partial charge in [-0.05, 0) is 30.4 Å². The van der Waals surface area contributed by atoms with Gasteiger partial charge in [0.1, 0.15) is 0 Å². The number of rotatable bonds is 2. The first-order chi connectivity index (χ1) is 9.74. The van der Waals surface area contributed by atoms with Crippen LogP contribution in [0.4, 0.5) is 0 Å². The van der Waals surface area contributed by atoms with Crippen LogP contribution in [0.5, 0.6) is 0 Å². The van der Waals surface area contributed by atoms with Crippen LogP contribution in [0.1, 0.15) is 24.3 Å². The van der Waals surface area contributed by atoms with Crippen LogP contribution in [0.2, 0.25) is 5.02 Å². The van der Waals surface area contributed by atoms with Crippen molar-refractivity contribution in [2.24, 2.45) is 10.7 Å². The minimum atomic E-state index is 0.333. The zero-order chi connectivity index (χ0) is 13.9. The van der Waals surface area contributed by atoms with E-state index in [1.54, 1.807) is 0 Å². The van der Waals surface area contributed by atoms with Crippen molar-refractivity contribution in [3.8, 4) is 0 Å². The SMILES string of the molecule is NC(=NC1CC(c2ccccc2Cl)C1)N1CCOCC1. The number of morpholine rings is 1. The maximum absolute atomic E-state index is 6.22. The highest BCUT2D eigenvalue weighted by Crippen LogP contribution is 2.41. The first kappa shape index (κ1) is 13.7. The van der Waals surface area contributed by atoms with Gasteiger partial charge < -0.3 is 15.4 Å². The molecule has 2 aliphatic rings. The molecule has 0 radical (unpaired) electrons. The number of nitrogens with zero attached hydrogens (tertiary/aromatic N) is 2. The van der Waals surface area contributed by atoms with Crippen molar-refractivity contribution in [2.75, 3.05) is 26.3 Å². The second-order valence-corrected chi connectivity index (χ2v) is 5.84. The summed E-state index contributed by atoms with van der Waals surface area (Å²) in [7, 11) is 0. The molecule has 108 valence electrons. The molecule has 1 saturated heterocycles. The Morgan fingerprint density at radius 1 is 1.25 bits per heavy atom. The number of benzene rings is 1. The van der Waals surface area contributed by atoms with Gasteiger partial charge in [-0.15, -0.1) is 0 Å². The summed E-state index contributed by atoms with van der Waals surface area (Å²) in [6.07, 6.45) is 2.07. The Morgan fingerprint density at radius 3 is 2.65 bits per heavy atom. The fourth-order valence-electron chi connectivity index (χ4n) is 2.81. The van der Waals surface area contributed by atoms with Gasteiger partial charge in [0, 0.05) is 18.1 Å². The normalized spacial score (nSPS) is 27.2. The summed E-state index contributed by atoms with van der Waals surface area (Å²) in [5, 5.41) is 0.862. The summed E-state index contributed by atoms with van der Waals surface area (Å²) in [6, 6.07) is 8.41. The van der Waals surface area contributed by atoms with E-state index < -0.39 is 0 Å². The molecule has 0 amide bonds. The van der Waals surface area contributed by atoms with Crippen molar-refractivity contribution >= 4 is 17.6 Å². The molecule has 1 aromatic carbocycles. The molecule has 0 bridgehead atoms. The maximum atomic E-state index is 6.22. The van der Waals surface area contributed by atoms with Crippen molar-refractivity contribution in [2.45, 2.75) is 24.8 Å². The molecule has 2 N–H and O–H groups in total. The highest BCUT2D eigenvalue weighted by Gasteiger charge is 2.31. The Kier molecular flexibility index (Phi) is 4.13. The zero-order valence-electron chi connectivity index (χ0n) is 11.5. The fourth-order valence-corrected chi connectivity index (χ4v) is 3.10. The second kappa shape index (κ2) is 6.02. The molecule has 0 atom stereocenters. The third-order valence-electron chi connectivity index (χ3n) is 4.11. The van der Waals surface area contributed by atoms with E-state index >= 15 is 0 Å². The van der Waals surface area contributed by atoms with Crippen LogP contribution in [0, 0.1) is 0 Å². The highest BCUT2D eigenvalue weighted by atomic mass is 35.5. The molecule has 1 saturated carbocycles. The summed E-state index contributed by atoms with van der Waals surface area (Å²) < 4.78 is 5.32. The van der Waals surface area contributed by atoms with E-state index in [4.69, 9.17) is 22.1 Å². The van der Waals surface area contributed by atoms with Crippen LogP contribution in [0.15, 0.2) is 29.3 Å². The van der Waals surface area contributed by atoms with E-state index in [1.807, 2.05) is 18.2 Å². The van der Waals surface area contributed by atoms with Crippen molar-refractivity contribution in [3.63, 3.8) is 0 Å². The first-order valence-corrected chi connectivity index (χ1v) is 7.52. The summed E-state index contributed by atoms with van der Waals surface area (Å²) in [4.78, 5) is 6.74. The lowest BCUT2D eigenvalue weighted by molar-refractivity contribution is 0.0671. The molecule has 3 rings (SSSR count). The maximum Gasteiger partial charge on any atom is 0.191 e. The average molecular weight is 294 g/mol. The quantitative estimate of drug-likeness (QED) is 0.672. The molecular weight excluding hydrogens is 274 g/mol. The van der Waals surface area contributed by atoms with Crippen molar-refractivity contribution < 1.29 is 4.74 Å². The van der Waals surface area contributed by atoms with Crippen LogP contribution in [-0.4, -0.2) is 43.2 Å². The average Bonchev–Trinajstić information content (AvgIpc) is 2.44. The second-order valence-electron chi connectivity index (χ2n) is 5.43. The molecule has 20 heavy (non-hydrogen) atoms. The fraction of sp³-hybridized carbons (Fsp3) is 0.533. The number of halogens is 1. The number of ether oxygens (including phenoxy) is 1. The Labute approximate surface area is 124 Å². The lowest BCUT2D eigenvalue weighted by Crippen LogP contribution is -2.46. The molecule has 5 heteroatoms. The third-order valence-corrected chi connectivity index (χ3v) is 4.45. The van der Waals surface area contributed by atoms with Crippen LogP contribution in [-0.2, 0) is 4.74 Å². The van der Waals surface area contributed by atoms with E-state index in [1.165, 1.54) is 5.56 Å². The third kappa shape index (κ3) is 2.91. The molecule has 1 aliphatic heterocycles. The largest absolute Gasteiger partial charge is 0.378 e. The summed E-state index contributed by atoms with van der Waals surface area (Å²) in [6.45, 7) is 3.16. The Morgan fingerprint density at radius 2 is 1.95 bits per heavy atom. The number of hydrogen-bond donors (Lipinski definition) is 1. The smallest absolute Gasteiger partial charge is 0.191 e. The number of nitrogens with two attached hydrogens (primary N) is 1. The van der Waals surface area contributed by atoms with Crippen molar-refractivity contribution in [3.05, 3.63) is 34.9 Å². The predicted octanol–water partition coefficient (Wildman–Crippen LogP) is 2.23. The van der Waals surface area contributed by atoms with Gasteiger partial charge in [-0.25, -0.2) is 4.99 Å². The lowest BCUT2D eigenvalue weighted by Gasteiger charge is -2.35. The lowest BCUT2D eigenvalue weighted by atomic mass is 9.76. The van der Waals surface area contributed by atoms with Gasteiger partial charge in [0.15, 0.2) is 5.96 Å². The topological polar surface area (TPSA) is 50.8 Å². The molecule has 1 aliphatic carbocycles. The summed E-state index contributed by atoms with van der Waals surface area (Å²) in [5.41, 5.74) is 7.31. The standard InChI is InChI=1S/C15H20ClN3O/c16-14-4-2-1-3-13(14)11-9-12(10-11)18-15(17)19-5-7-20-8-6-19/h1-4,11-12H,5-10H2,(H2,17,18). The monoisotopic (exact) mass is 293 g/mol. The van der Waals surface area contributed by atoms with Crippen LogP contribution in [0.25, 0.3) is 0 Å². The molecule has 1 heterocycles. The molecular formula is C15H20ClN3O. The van der Waals surface area contributed by atoms with Gasteiger partial charge in [-0.3, -0.25) is 0 Å². The van der Waals surface area contributed by atoms with Gasteiger partial charge in [-0.2, -0.15) is 0 Å². The minimum Gasteiger partial charge on any atom is -0.378 e. The van der Waals surface area contributed by atoms with Gasteiger partial charge >= 0.3 is 0 Å². The zero-order valence-corrected chi connectivity index (χ0v) is 12.2. The number of aliphatic imine (C=N–C) groups is 1. The molecule has 4 nitrogen and oxygen atoms in total. The van der Waals surface area contributed by atoms with Gasteiger partial charge in [0.2, 0.25) is 0 Å². The number of hydrogen-bond acceptors (Lipinski definition) is 2.